The molecule has 1 amide bonds. The number of carbonyl (C=O) groups excluding carboxylic acids is 1. The fourth-order valence-electron chi connectivity index (χ4n) is 2.13. The standard InChI is InChI=1S/C13H16BrNO/c1-9-5-6-11(8-12(9)14)13(16)15-7-3-4-10(15)2/h5-6,8,10H,3-4,7H2,1-2H3. The van der Waals surface area contributed by atoms with Gasteiger partial charge in [-0.25, -0.2) is 0 Å². The molecule has 1 heterocycles. The van der Waals surface area contributed by atoms with Crippen LogP contribution in [0.2, 0.25) is 0 Å². The van der Waals surface area contributed by atoms with Gasteiger partial charge in [-0.05, 0) is 44.4 Å². The highest BCUT2D eigenvalue weighted by Crippen LogP contribution is 2.22. The van der Waals surface area contributed by atoms with Crippen molar-refractivity contribution in [1.29, 1.82) is 0 Å². The van der Waals surface area contributed by atoms with E-state index >= 15 is 0 Å². The summed E-state index contributed by atoms with van der Waals surface area (Å²) in [5.41, 5.74) is 1.94. The number of benzene rings is 1. The molecule has 1 aliphatic rings. The van der Waals surface area contributed by atoms with E-state index in [4.69, 9.17) is 0 Å². The van der Waals surface area contributed by atoms with Gasteiger partial charge in [0.2, 0.25) is 0 Å². The lowest BCUT2D eigenvalue weighted by molar-refractivity contribution is 0.0747. The SMILES string of the molecule is Cc1ccc(C(=O)N2CCCC2C)cc1Br. The molecule has 3 heteroatoms. The molecule has 1 aromatic rings. The van der Waals surface area contributed by atoms with E-state index in [9.17, 15) is 4.79 Å². The third kappa shape index (κ3) is 2.14. The van der Waals surface area contributed by atoms with E-state index in [1.807, 2.05) is 30.0 Å². The number of hydrogen-bond donors (Lipinski definition) is 0. The quantitative estimate of drug-likeness (QED) is 0.773. The monoisotopic (exact) mass is 281 g/mol. The third-order valence-electron chi connectivity index (χ3n) is 3.23. The molecule has 0 aromatic heterocycles. The summed E-state index contributed by atoms with van der Waals surface area (Å²) in [4.78, 5) is 14.2. The smallest absolute Gasteiger partial charge is 0.254 e. The minimum absolute atomic E-state index is 0.158. The van der Waals surface area contributed by atoms with Crippen molar-refractivity contribution in [3.63, 3.8) is 0 Å². The van der Waals surface area contributed by atoms with E-state index in [1.165, 1.54) is 0 Å². The summed E-state index contributed by atoms with van der Waals surface area (Å²) in [6, 6.07) is 6.20. The Morgan fingerprint density at radius 1 is 1.50 bits per heavy atom. The first-order valence-corrected chi connectivity index (χ1v) is 6.46. The van der Waals surface area contributed by atoms with Gasteiger partial charge in [0.15, 0.2) is 0 Å². The normalized spacial score (nSPS) is 20.2. The molecule has 1 aliphatic heterocycles. The largest absolute Gasteiger partial charge is 0.336 e. The van der Waals surface area contributed by atoms with E-state index in [1.54, 1.807) is 0 Å². The summed E-state index contributed by atoms with van der Waals surface area (Å²) in [6.45, 7) is 5.04. The zero-order valence-electron chi connectivity index (χ0n) is 9.66. The van der Waals surface area contributed by atoms with Gasteiger partial charge in [-0.15, -0.1) is 0 Å². The number of amides is 1. The molecule has 0 bridgehead atoms. The van der Waals surface area contributed by atoms with Crippen molar-refractivity contribution in [2.45, 2.75) is 32.7 Å². The van der Waals surface area contributed by atoms with Crippen molar-refractivity contribution in [2.24, 2.45) is 0 Å². The molecule has 16 heavy (non-hydrogen) atoms. The Hall–Kier alpha value is -0.830. The molecule has 0 aliphatic carbocycles. The highest BCUT2D eigenvalue weighted by Gasteiger charge is 2.25. The van der Waals surface area contributed by atoms with Crippen LogP contribution in [0.15, 0.2) is 22.7 Å². The van der Waals surface area contributed by atoms with Crippen molar-refractivity contribution < 1.29 is 4.79 Å². The number of likely N-dealkylation sites (tertiary alicyclic amines) is 1. The van der Waals surface area contributed by atoms with Gasteiger partial charge in [-0.2, -0.15) is 0 Å². The van der Waals surface area contributed by atoms with Gasteiger partial charge in [-0.1, -0.05) is 22.0 Å². The number of nitrogens with zero attached hydrogens (tertiary/aromatic N) is 1. The molecule has 0 N–H and O–H groups in total. The van der Waals surface area contributed by atoms with Crippen molar-refractivity contribution in [2.75, 3.05) is 6.54 Å². The second-order valence-electron chi connectivity index (χ2n) is 4.45. The van der Waals surface area contributed by atoms with Crippen LogP contribution in [0.5, 0.6) is 0 Å². The zero-order chi connectivity index (χ0) is 11.7. The topological polar surface area (TPSA) is 20.3 Å². The van der Waals surface area contributed by atoms with Gasteiger partial charge in [0, 0.05) is 22.6 Å². The fraction of sp³-hybridized carbons (Fsp3) is 0.462. The van der Waals surface area contributed by atoms with Crippen LogP contribution in [-0.2, 0) is 0 Å². The van der Waals surface area contributed by atoms with E-state index in [0.29, 0.717) is 6.04 Å². The second-order valence-corrected chi connectivity index (χ2v) is 5.31. The summed E-state index contributed by atoms with van der Waals surface area (Å²) in [5.74, 6) is 0.158. The average molecular weight is 282 g/mol. The molecule has 1 fully saturated rings. The van der Waals surface area contributed by atoms with E-state index in [0.717, 1.165) is 35.0 Å². The maximum Gasteiger partial charge on any atom is 0.254 e. The molecular formula is C13H16BrNO. The molecular weight excluding hydrogens is 266 g/mol. The highest BCUT2D eigenvalue weighted by atomic mass is 79.9. The Bertz CT molecular complexity index is 416. The van der Waals surface area contributed by atoms with Crippen LogP contribution in [0.4, 0.5) is 0 Å². The van der Waals surface area contributed by atoms with Gasteiger partial charge in [0.1, 0.15) is 0 Å². The van der Waals surface area contributed by atoms with Gasteiger partial charge >= 0.3 is 0 Å². The predicted molar refractivity (Wildman–Crippen MR) is 68.6 cm³/mol. The van der Waals surface area contributed by atoms with Gasteiger partial charge < -0.3 is 4.90 Å². The van der Waals surface area contributed by atoms with Crippen molar-refractivity contribution >= 4 is 21.8 Å². The number of aryl methyl sites for hydroxylation is 1. The van der Waals surface area contributed by atoms with Crippen molar-refractivity contribution in [3.8, 4) is 0 Å². The summed E-state index contributed by atoms with van der Waals surface area (Å²) in [7, 11) is 0. The van der Waals surface area contributed by atoms with Crippen LogP contribution < -0.4 is 0 Å². The van der Waals surface area contributed by atoms with Crippen LogP contribution >= 0.6 is 15.9 Å². The molecule has 1 unspecified atom stereocenters. The fourth-order valence-corrected chi connectivity index (χ4v) is 2.51. The van der Waals surface area contributed by atoms with E-state index in [-0.39, 0.29) is 5.91 Å². The maximum absolute atomic E-state index is 12.2. The maximum atomic E-state index is 12.2. The Morgan fingerprint density at radius 2 is 2.25 bits per heavy atom. The van der Waals surface area contributed by atoms with Crippen molar-refractivity contribution in [1.82, 2.24) is 4.90 Å². The van der Waals surface area contributed by atoms with Gasteiger partial charge in [-0.3, -0.25) is 4.79 Å². The van der Waals surface area contributed by atoms with Crippen LogP contribution in [0.3, 0.4) is 0 Å². The number of halogens is 1. The lowest BCUT2D eigenvalue weighted by Gasteiger charge is -2.21. The highest BCUT2D eigenvalue weighted by molar-refractivity contribution is 9.10. The van der Waals surface area contributed by atoms with Gasteiger partial charge in [0.25, 0.3) is 5.91 Å². The lowest BCUT2D eigenvalue weighted by atomic mass is 10.1. The van der Waals surface area contributed by atoms with Crippen LogP contribution in [0, 0.1) is 6.92 Å². The minimum atomic E-state index is 0.158. The summed E-state index contributed by atoms with van der Waals surface area (Å²) < 4.78 is 1.00. The molecule has 1 aromatic carbocycles. The number of hydrogen-bond acceptors (Lipinski definition) is 1. The molecule has 0 saturated carbocycles. The van der Waals surface area contributed by atoms with Crippen LogP contribution in [-0.4, -0.2) is 23.4 Å². The number of carbonyl (C=O) groups is 1. The predicted octanol–water partition coefficient (Wildman–Crippen LogP) is 3.38. The average Bonchev–Trinajstić information content (AvgIpc) is 2.67. The Kier molecular flexibility index (Phi) is 3.33. The molecule has 0 spiro atoms. The summed E-state index contributed by atoms with van der Waals surface area (Å²) in [5, 5.41) is 0. The Morgan fingerprint density at radius 3 is 2.81 bits per heavy atom. The third-order valence-corrected chi connectivity index (χ3v) is 4.09. The summed E-state index contributed by atoms with van der Waals surface area (Å²) >= 11 is 3.47. The molecule has 2 nitrogen and oxygen atoms in total. The molecule has 2 rings (SSSR count). The Labute approximate surface area is 105 Å². The van der Waals surface area contributed by atoms with Crippen molar-refractivity contribution in [3.05, 3.63) is 33.8 Å². The van der Waals surface area contributed by atoms with E-state index in [2.05, 4.69) is 22.9 Å². The summed E-state index contributed by atoms with van der Waals surface area (Å²) in [6.07, 6.45) is 2.25. The Balaban J connectivity index is 2.23. The lowest BCUT2D eigenvalue weighted by Crippen LogP contribution is -2.33. The van der Waals surface area contributed by atoms with E-state index < -0.39 is 0 Å². The first-order chi connectivity index (χ1) is 7.59. The van der Waals surface area contributed by atoms with Crippen LogP contribution in [0.1, 0.15) is 35.7 Å². The van der Waals surface area contributed by atoms with Crippen LogP contribution in [0.25, 0.3) is 0 Å². The first-order valence-electron chi connectivity index (χ1n) is 5.66. The molecule has 1 atom stereocenters. The molecule has 86 valence electrons. The number of rotatable bonds is 1. The first kappa shape index (κ1) is 11.6. The second kappa shape index (κ2) is 4.58. The minimum Gasteiger partial charge on any atom is -0.336 e. The van der Waals surface area contributed by atoms with Gasteiger partial charge in [0.05, 0.1) is 0 Å². The molecule has 0 radical (unpaired) electrons. The molecule has 1 saturated heterocycles. The zero-order valence-corrected chi connectivity index (χ0v) is 11.3.